The molecule has 0 saturated carbocycles. The number of rotatable bonds is 3. The molecule has 1 heterocycles. The molecule has 0 radical (unpaired) electrons. The van der Waals surface area contributed by atoms with Crippen molar-refractivity contribution < 1.29 is 9.53 Å². The normalized spacial score (nSPS) is 28.1. The maximum atomic E-state index is 11.6. The van der Waals surface area contributed by atoms with Gasteiger partial charge in [0.2, 0.25) is 5.91 Å². The molecule has 0 spiro atoms. The van der Waals surface area contributed by atoms with Crippen LogP contribution in [0.5, 0.6) is 0 Å². The van der Waals surface area contributed by atoms with Crippen molar-refractivity contribution in [1.29, 1.82) is 0 Å². The fourth-order valence-corrected chi connectivity index (χ4v) is 1.55. The lowest BCUT2D eigenvalue weighted by Crippen LogP contribution is -2.38. The molecule has 0 aliphatic carbocycles. The summed E-state index contributed by atoms with van der Waals surface area (Å²) in [6, 6.07) is -0.140. The van der Waals surface area contributed by atoms with Gasteiger partial charge in [0.15, 0.2) is 0 Å². The van der Waals surface area contributed by atoms with E-state index >= 15 is 0 Å². The van der Waals surface area contributed by atoms with Crippen molar-refractivity contribution in [3.63, 3.8) is 0 Å². The van der Waals surface area contributed by atoms with Gasteiger partial charge in [-0.05, 0) is 19.8 Å². The van der Waals surface area contributed by atoms with Crippen molar-refractivity contribution in [2.45, 2.75) is 38.8 Å². The van der Waals surface area contributed by atoms with Crippen LogP contribution in [0, 0.1) is 18.3 Å². The number of carbonyl (C=O) groups is 1. The third-order valence-electron chi connectivity index (χ3n) is 2.50. The summed E-state index contributed by atoms with van der Waals surface area (Å²) in [5.41, 5.74) is 0. The van der Waals surface area contributed by atoms with E-state index in [4.69, 9.17) is 11.2 Å². The molecule has 1 fully saturated rings. The molecule has 1 rings (SSSR count). The topological polar surface area (TPSA) is 38.3 Å². The predicted octanol–water partition coefficient (Wildman–Crippen LogP) is 0.939. The number of hydrogen-bond donors (Lipinski definition) is 1. The van der Waals surface area contributed by atoms with Crippen molar-refractivity contribution in [3.8, 4) is 12.3 Å². The minimum atomic E-state index is -0.140. The third kappa shape index (κ3) is 2.74. The van der Waals surface area contributed by atoms with Crippen LogP contribution in [0.4, 0.5) is 0 Å². The molecular weight excluding hydrogens is 178 g/mol. The Kier molecular flexibility index (Phi) is 3.97. The summed E-state index contributed by atoms with van der Waals surface area (Å²) in [6.07, 6.45) is 7.02. The Morgan fingerprint density at radius 2 is 2.50 bits per heavy atom. The van der Waals surface area contributed by atoms with Crippen LogP contribution in [0.15, 0.2) is 0 Å². The smallest absolute Gasteiger partial charge is 0.226 e. The SMILES string of the molecule is C#CC(CC)NC(=O)C1COC(C)C1. The Labute approximate surface area is 85.2 Å². The van der Waals surface area contributed by atoms with Crippen LogP contribution in [0.25, 0.3) is 0 Å². The third-order valence-corrected chi connectivity index (χ3v) is 2.50. The second kappa shape index (κ2) is 5.02. The first kappa shape index (κ1) is 11.1. The van der Waals surface area contributed by atoms with Crippen molar-refractivity contribution in [3.05, 3.63) is 0 Å². The van der Waals surface area contributed by atoms with Gasteiger partial charge in [-0.25, -0.2) is 0 Å². The zero-order valence-corrected chi connectivity index (χ0v) is 8.75. The van der Waals surface area contributed by atoms with Crippen molar-refractivity contribution in [2.24, 2.45) is 5.92 Å². The Morgan fingerprint density at radius 3 is 2.93 bits per heavy atom. The van der Waals surface area contributed by atoms with Gasteiger partial charge in [0, 0.05) is 0 Å². The predicted molar refractivity (Wildman–Crippen MR) is 54.6 cm³/mol. The lowest BCUT2D eigenvalue weighted by molar-refractivity contribution is -0.125. The monoisotopic (exact) mass is 195 g/mol. The van der Waals surface area contributed by atoms with Crippen LogP contribution in [0.1, 0.15) is 26.7 Å². The Hall–Kier alpha value is -1.01. The number of hydrogen-bond acceptors (Lipinski definition) is 2. The quantitative estimate of drug-likeness (QED) is 0.681. The van der Waals surface area contributed by atoms with E-state index in [2.05, 4.69) is 11.2 Å². The average molecular weight is 195 g/mol. The number of carbonyl (C=O) groups excluding carboxylic acids is 1. The summed E-state index contributed by atoms with van der Waals surface area (Å²) in [4.78, 5) is 11.6. The fraction of sp³-hybridized carbons (Fsp3) is 0.727. The van der Waals surface area contributed by atoms with Crippen LogP contribution < -0.4 is 5.32 Å². The first-order valence-electron chi connectivity index (χ1n) is 5.05. The molecule has 1 saturated heterocycles. The molecule has 1 aliphatic rings. The van der Waals surface area contributed by atoms with Crippen LogP contribution in [-0.2, 0) is 9.53 Å². The highest BCUT2D eigenvalue weighted by Gasteiger charge is 2.28. The van der Waals surface area contributed by atoms with Crippen molar-refractivity contribution in [2.75, 3.05) is 6.61 Å². The van der Waals surface area contributed by atoms with Gasteiger partial charge < -0.3 is 10.1 Å². The van der Waals surface area contributed by atoms with E-state index in [1.807, 2.05) is 13.8 Å². The summed E-state index contributed by atoms with van der Waals surface area (Å²) in [7, 11) is 0. The molecule has 1 amide bonds. The summed E-state index contributed by atoms with van der Waals surface area (Å²) < 4.78 is 5.32. The van der Waals surface area contributed by atoms with Gasteiger partial charge in [0.05, 0.1) is 24.7 Å². The average Bonchev–Trinajstić information content (AvgIpc) is 2.61. The Balaban J connectivity index is 2.39. The van der Waals surface area contributed by atoms with Gasteiger partial charge in [-0.15, -0.1) is 6.42 Å². The molecule has 1 N–H and O–H groups in total. The minimum Gasteiger partial charge on any atom is -0.378 e. The van der Waals surface area contributed by atoms with E-state index < -0.39 is 0 Å². The zero-order chi connectivity index (χ0) is 10.6. The van der Waals surface area contributed by atoms with Crippen LogP contribution in [0.3, 0.4) is 0 Å². The summed E-state index contributed by atoms with van der Waals surface area (Å²) in [6.45, 7) is 4.46. The molecule has 0 aromatic carbocycles. The highest BCUT2D eigenvalue weighted by molar-refractivity contribution is 5.79. The molecule has 3 heteroatoms. The van der Waals surface area contributed by atoms with Gasteiger partial charge >= 0.3 is 0 Å². The number of terminal acetylenes is 1. The lowest BCUT2D eigenvalue weighted by atomic mass is 10.0. The number of amides is 1. The van der Waals surface area contributed by atoms with E-state index in [1.54, 1.807) is 0 Å². The molecule has 0 aromatic rings. The molecule has 1 aliphatic heterocycles. The van der Waals surface area contributed by atoms with E-state index in [0.29, 0.717) is 6.61 Å². The molecule has 0 bridgehead atoms. The van der Waals surface area contributed by atoms with Crippen LogP contribution in [0.2, 0.25) is 0 Å². The van der Waals surface area contributed by atoms with Gasteiger partial charge in [-0.2, -0.15) is 0 Å². The lowest BCUT2D eigenvalue weighted by Gasteiger charge is -2.13. The minimum absolute atomic E-state index is 0.0209. The van der Waals surface area contributed by atoms with E-state index in [1.165, 1.54) is 0 Å². The second-order valence-corrected chi connectivity index (χ2v) is 3.71. The van der Waals surface area contributed by atoms with Crippen molar-refractivity contribution in [1.82, 2.24) is 5.32 Å². The van der Waals surface area contributed by atoms with Gasteiger partial charge in [0.25, 0.3) is 0 Å². The maximum Gasteiger partial charge on any atom is 0.226 e. The van der Waals surface area contributed by atoms with Gasteiger partial charge in [-0.1, -0.05) is 12.8 Å². The Morgan fingerprint density at radius 1 is 1.79 bits per heavy atom. The first-order valence-corrected chi connectivity index (χ1v) is 5.05. The van der Waals surface area contributed by atoms with Crippen LogP contribution in [-0.4, -0.2) is 24.7 Å². The molecule has 0 aromatic heterocycles. The number of ether oxygens (including phenoxy) is 1. The van der Waals surface area contributed by atoms with E-state index in [-0.39, 0.29) is 24.0 Å². The highest BCUT2D eigenvalue weighted by atomic mass is 16.5. The number of nitrogens with one attached hydrogen (secondary N) is 1. The molecule has 3 unspecified atom stereocenters. The molecule has 14 heavy (non-hydrogen) atoms. The Bertz CT molecular complexity index is 244. The highest BCUT2D eigenvalue weighted by Crippen LogP contribution is 2.19. The molecular formula is C11H17NO2. The molecule has 3 nitrogen and oxygen atoms in total. The largest absolute Gasteiger partial charge is 0.378 e. The van der Waals surface area contributed by atoms with Crippen LogP contribution >= 0.6 is 0 Å². The standard InChI is InChI=1S/C11H17NO2/c1-4-10(5-2)12-11(13)9-6-8(3)14-7-9/h1,8-10H,5-7H2,2-3H3,(H,12,13). The summed E-state index contributed by atoms with van der Waals surface area (Å²) in [5, 5.41) is 2.82. The maximum absolute atomic E-state index is 11.6. The van der Waals surface area contributed by atoms with E-state index in [9.17, 15) is 4.79 Å². The van der Waals surface area contributed by atoms with Gasteiger partial charge in [-0.3, -0.25) is 4.79 Å². The van der Waals surface area contributed by atoms with Gasteiger partial charge in [0.1, 0.15) is 0 Å². The molecule has 78 valence electrons. The van der Waals surface area contributed by atoms with Crippen molar-refractivity contribution >= 4 is 5.91 Å². The van der Waals surface area contributed by atoms with E-state index in [0.717, 1.165) is 12.8 Å². The fourth-order valence-electron chi connectivity index (χ4n) is 1.55. The summed E-state index contributed by atoms with van der Waals surface area (Å²) >= 11 is 0. The summed E-state index contributed by atoms with van der Waals surface area (Å²) in [5.74, 6) is 2.55. The first-order chi connectivity index (χ1) is 6.67. The second-order valence-electron chi connectivity index (χ2n) is 3.71. The zero-order valence-electron chi connectivity index (χ0n) is 8.75. The molecule has 3 atom stereocenters.